The lowest BCUT2D eigenvalue weighted by atomic mass is 9.74. The molecule has 184 valence electrons. The summed E-state index contributed by atoms with van der Waals surface area (Å²) in [6.45, 7) is 5.50. The molecule has 2 N–H and O–H groups in total. The van der Waals surface area contributed by atoms with Gasteiger partial charge >= 0.3 is 0 Å². The van der Waals surface area contributed by atoms with Gasteiger partial charge in [-0.15, -0.1) is 0 Å². The van der Waals surface area contributed by atoms with Crippen molar-refractivity contribution in [2.24, 2.45) is 5.92 Å². The van der Waals surface area contributed by atoms with Crippen LogP contribution >= 0.6 is 11.6 Å². The van der Waals surface area contributed by atoms with Gasteiger partial charge in [-0.2, -0.15) is 0 Å². The van der Waals surface area contributed by atoms with Gasteiger partial charge in [0.25, 0.3) is 5.91 Å². The maximum Gasteiger partial charge on any atom is 0.252 e. The average Bonchev–Trinajstić information content (AvgIpc) is 2.86. The number of methoxy groups -OCH3 is 2. The van der Waals surface area contributed by atoms with Crippen LogP contribution < -0.4 is 20.1 Å². The fourth-order valence-electron chi connectivity index (χ4n) is 4.20. The summed E-state index contributed by atoms with van der Waals surface area (Å²) in [6.07, 6.45) is 1.58. The first-order valence-electron chi connectivity index (χ1n) is 11.4. The predicted octanol–water partition coefficient (Wildman–Crippen LogP) is 3.98. The number of amides is 2. The quantitative estimate of drug-likeness (QED) is 0.557. The fourth-order valence-corrected chi connectivity index (χ4v) is 4.32. The predicted molar refractivity (Wildman–Crippen MR) is 132 cm³/mol. The summed E-state index contributed by atoms with van der Waals surface area (Å²) in [5, 5.41) is 6.65. The molecule has 3 rings (SSSR count). The number of carbonyl (C=O) groups is 2. The van der Waals surface area contributed by atoms with E-state index in [1.54, 1.807) is 18.2 Å². The van der Waals surface area contributed by atoms with Gasteiger partial charge in [-0.05, 0) is 48.6 Å². The van der Waals surface area contributed by atoms with Crippen molar-refractivity contribution in [3.63, 3.8) is 0 Å². The monoisotopic (exact) mass is 488 g/mol. The third-order valence-corrected chi connectivity index (χ3v) is 6.61. The van der Waals surface area contributed by atoms with Crippen molar-refractivity contribution in [3.8, 4) is 11.5 Å². The van der Waals surface area contributed by atoms with Crippen LogP contribution in [0.3, 0.4) is 0 Å². The molecule has 2 aromatic carbocycles. The molecule has 0 bridgehead atoms. The van der Waals surface area contributed by atoms with E-state index < -0.39 is 6.04 Å². The second-order valence-corrected chi connectivity index (χ2v) is 9.35. The first kappa shape index (κ1) is 25.8. The molecule has 34 heavy (non-hydrogen) atoms. The van der Waals surface area contributed by atoms with Gasteiger partial charge in [0.2, 0.25) is 5.91 Å². The molecule has 1 aliphatic heterocycles. The Hall–Kier alpha value is -2.77. The Balaban J connectivity index is 1.74. The summed E-state index contributed by atoms with van der Waals surface area (Å²) in [5.74, 6) is 0.291. The van der Waals surface area contributed by atoms with E-state index in [0.29, 0.717) is 41.8 Å². The molecular weight excluding hydrogens is 456 g/mol. The third kappa shape index (κ3) is 6.21. The van der Waals surface area contributed by atoms with Crippen LogP contribution in [0, 0.1) is 5.92 Å². The van der Waals surface area contributed by atoms with Crippen LogP contribution in [0.15, 0.2) is 42.5 Å². The van der Waals surface area contributed by atoms with Gasteiger partial charge in [0.05, 0.1) is 14.2 Å². The SMILES string of the molecule is COc1cc(OC)cc(C(=O)NC(C(=O)NCC2(c3ccc(Cl)cc3)CCOCC2)C(C)C)c1. The summed E-state index contributed by atoms with van der Waals surface area (Å²) in [5.41, 5.74) is 1.23. The molecular formula is C26H33ClN2O5. The second kappa shape index (κ2) is 11.6. The Morgan fingerprint density at radius 2 is 1.62 bits per heavy atom. The zero-order chi connectivity index (χ0) is 24.7. The molecule has 2 aromatic rings. The first-order chi connectivity index (χ1) is 16.3. The molecule has 0 saturated carbocycles. The zero-order valence-corrected chi connectivity index (χ0v) is 20.9. The van der Waals surface area contributed by atoms with Gasteiger partial charge in [0.1, 0.15) is 17.5 Å². The minimum atomic E-state index is -0.702. The van der Waals surface area contributed by atoms with E-state index in [0.717, 1.165) is 18.4 Å². The van der Waals surface area contributed by atoms with Gasteiger partial charge in [0, 0.05) is 41.8 Å². The summed E-state index contributed by atoms with van der Waals surface area (Å²) in [7, 11) is 3.04. The minimum absolute atomic E-state index is 0.113. The molecule has 1 unspecified atom stereocenters. The van der Waals surface area contributed by atoms with Gasteiger partial charge in [-0.3, -0.25) is 9.59 Å². The van der Waals surface area contributed by atoms with Crippen molar-refractivity contribution in [1.29, 1.82) is 0 Å². The molecule has 0 spiro atoms. The van der Waals surface area contributed by atoms with E-state index in [2.05, 4.69) is 10.6 Å². The van der Waals surface area contributed by atoms with Crippen LogP contribution in [-0.2, 0) is 14.9 Å². The van der Waals surface area contributed by atoms with Crippen molar-refractivity contribution in [2.45, 2.75) is 38.1 Å². The lowest BCUT2D eigenvalue weighted by Gasteiger charge is -2.38. The highest BCUT2D eigenvalue weighted by molar-refractivity contribution is 6.30. The van der Waals surface area contributed by atoms with Crippen LogP contribution in [0.2, 0.25) is 5.02 Å². The summed E-state index contributed by atoms with van der Waals surface area (Å²) in [6, 6.07) is 12.0. The number of ether oxygens (including phenoxy) is 3. The maximum absolute atomic E-state index is 13.2. The number of halogens is 1. The summed E-state index contributed by atoms with van der Waals surface area (Å²) < 4.78 is 16.1. The Kier molecular flexibility index (Phi) is 8.80. The van der Waals surface area contributed by atoms with Gasteiger partial charge in [0.15, 0.2) is 0 Å². The number of benzene rings is 2. The molecule has 1 saturated heterocycles. The number of hydrogen-bond acceptors (Lipinski definition) is 5. The highest BCUT2D eigenvalue weighted by Gasteiger charge is 2.36. The average molecular weight is 489 g/mol. The number of rotatable bonds is 9. The molecule has 1 atom stereocenters. The van der Waals surface area contributed by atoms with E-state index in [4.69, 9.17) is 25.8 Å². The smallest absolute Gasteiger partial charge is 0.252 e. The lowest BCUT2D eigenvalue weighted by molar-refractivity contribution is -0.124. The highest BCUT2D eigenvalue weighted by atomic mass is 35.5. The highest BCUT2D eigenvalue weighted by Crippen LogP contribution is 2.35. The topological polar surface area (TPSA) is 85.9 Å². The van der Waals surface area contributed by atoms with Crippen LogP contribution in [0.25, 0.3) is 0 Å². The van der Waals surface area contributed by atoms with E-state index in [-0.39, 0.29) is 23.1 Å². The largest absolute Gasteiger partial charge is 0.497 e. The van der Waals surface area contributed by atoms with E-state index in [1.165, 1.54) is 14.2 Å². The van der Waals surface area contributed by atoms with E-state index in [1.807, 2.05) is 38.1 Å². The van der Waals surface area contributed by atoms with E-state index in [9.17, 15) is 9.59 Å². The number of hydrogen-bond donors (Lipinski definition) is 2. The standard InChI is InChI=1S/C26H33ClN2O5/c1-17(2)23(29-24(30)18-13-21(32-3)15-22(14-18)33-4)25(31)28-16-26(9-11-34-12-10-26)19-5-7-20(27)8-6-19/h5-8,13-15,17,23H,9-12,16H2,1-4H3,(H,28,31)(H,29,30). The van der Waals surface area contributed by atoms with Crippen molar-refractivity contribution in [1.82, 2.24) is 10.6 Å². The number of nitrogens with one attached hydrogen (secondary N) is 2. The lowest BCUT2D eigenvalue weighted by Crippen LogP contribution is -2.53. The molecule has 1 fully saturated rings. The van der Waals surface area contributed by atoms with Crippen molar-refractivity contribution in [3.05, 3.63) is 58.6 Å². The molecule has 7 nitrogen and oxygen atoms in total. The Morgan fingerprint density at radius 3 is 2.15 bits per heavy atom. The van der Waals surface area contributed by atoms with Crippen LogP contribution in [0.4, 0.5) is 0 Å². The summed E-state index contributed by atoms with van der Waals surface area (Å²) in [4.78, 5) is 26.2. The molecule has 0 radical (unpaired) electrons. The van der Waals surface area contributed by atoms with Crippen molar-refractivity contribution < 1.29 is 23.8 Å². The molecule has 0 aliphatic carbocycles. The van der Waals surface area contributed by atoms with Gasteiger partial charge < -0.3 is 24.8 Å². The van der Waals surface area contributed by atoms with Gasteiger partial charge in [-0.25, -0.2) is 0 Å². The minimum Gasteiger partial charge on any atom is -0.497 e. The van der Waals surface area contributed by atoms with Crippen molar-refractivity contribution in [2.75, 3.05) is 34.0 Å². The van der Waals surface area contributed by atoms with Crippen molar-refractivity contribution >= 4 is 23.4 Å². The molecule has 0 aromatic heterocycles. The molecule has 1 heterocycles. The van der Waals surface area contributed by atoms with E-state index >= 15 is 0 Å². The summed E-state index contributed by atoms with van der Waals surface area (Å²) >= 11 is 6.09. The van der Waals surface area contributed by atoms with Gasteiger partial charge in [-0.1, -0.05) is 37.6 Å². The number of carbonyl (C=O) groups excluding carboxylic acids is 2. The van der Waals surface area contributed by atoms with Crippen LogP contribution in [0.5, 0.6) is 11.5 Å². The normalized spacial score (nSPS) is 15.9. The second-order valence-electron chi connectivity index (χ2n) is 8.91. The van der Waals surface area contributed by atoms with Crippen LogP contribution in [-0.4, -0.2) is 51.8 Å². The Morgan fingerprint density at radius 1 is 1.03 bits per heavy atom. The Labute approximate surface area is 206 Å². The molecule has 2 amide bonds. The fraction of sp³-hybridized carbons (Fsp3) is 0.462. The maximum atomic E-state index is 13.2. The first-order valence-corrected chi connectivity index (χ1v) is 11.8. The molecule has 1 aliphatic rings. The third-order valence-electron chi connectivity index (χ3n) is 6.36. The Bertz CT molecular complexity index is 965. The van der Waals surface area contributed by atoms with Crippen LogP contribution in [0.1, 0.15) is 42.6 Å². The molecule has 8 heteroatoms. The zero-order valence-electron chi connectivity index (χ0n) is 20.2.